The molecule has 0 unspecified atom stereocenters. The van der Waals surface area contributed by atoms with Crippen molar-refractivity contribution in [3.05, 3.63) is 0 Å². The number of halogens is 1. The van der Waals surface area contributed by atoms with E-state index >= 15 is 0 Å². The largest absolute Gasteiger partial charge is 0.287 e. The maximum atomic E-state index is 8.81. The van der Waals surface area contributed by atoms with Crippen LogP contribution in [-0.2, 0) is 0 Å². The molecule has 0 bridgehead atoms. The Bertz CT molecular complexity index is 115. The number of hydroxylamine groups is 2. The van der Waals surface area contributed by atoms with Gasteiger partial charge in [0, 0.05) is 24.7 Å². The average molecular weight is 135 g/mol. The standard InChI is InChI=1S/C4H7ClN2O/c5-6-4-2-1-3-7(4)8/h8H,1-3H2/b6-4+. The van der Waals surface area contributed by atoms with Gasteiger partial charge >= 0.3 is 0 Å². The van der Waals surface area contributed by atoms with Crippen molar-refractivity contribution < 1.29 is 5.21 Å². The van der Waals surface area contributed by atoms with E-state index in [0.717, 1.165) is 17.9 Å². The van der Waals surface area contributed by atoms with Crippen LogP contribution in [0.25, 0.3) is 0 Å². The van der Waals surface area contributed by atoms with E-state index in [4.69, 9.17) is 17.0 Å². The van der Waals surface area contributed by atoms with E-state index < -0.39 is 0 Å². The van der Waals surface area contributed by atoms with Crippen LogP contribution in [-0.4, -0.2) is 22.7 Å². The molecule has 0 radical (unpaired) electrons. The molecular weight excluding hydrogens is 128 g/mol. The van der Waals surface area contributed by atoms with Crippen molar-refractivity contribution in [2.45, 2.75) is 12.8 Å². The third kappa shape index (κ3) is 0.928. The average Bonchev–Trinajstić information content (AvgIpc) is 2.14. The summed E-state index contributed by atoms with van der Waals surface area (Å²) in [5, 5.41) is 9.88. The van der Waals surface area contributed by atoms with Gasteiger partial charge in [0.25, 0.3) is 0 Å². The lowest BCUT2D eigenvalue weighted by Crippen LogP contribution is -2.18. The molecule has 0 aromatic heterocycles. The highest BCUT2D eigenvalue weighted by atomic mass is 35.5. The van der Waals surface area contributed by atoms with E-state index in [1.807, 2.05) is 0 Å². The zero-order chi connectivity index (χ0) is 5.98. The molecule has 1 rings (SSSR count). The molecule has 3 nitrogen and oxygen atoms in total. The lowest BCUT2D eigenvalue weighted by atomic mass is 10.4. The van der Waals surface area contributed by atoms with E-state index in [9.17, 15) is 0 Å². The second-order valence-corrected chi connectivity index (χ2v) is 1.90. The zero-order valence-corrected chi connectivity index (χ0v) is 5.10. The topological polar surface area (TPSA) is 35.8 Å². The molecule has 0 aromatic rings. The zero-order valence-electron chi connectivity index (χ0n) is 4.34. The normalized spacial score (nSPS) is 25.2. The summed E-state index contributed by atoms with van der Waals surface area (Å²) < 4.78 is 3.33. The van der Waals surface area contributed by atoms with E-state index in [1.54, 1.807) is 0 Å². The van der Waals surface area contributed by atoms with Gasteiger partial charge in [-0.2, -0.15) is 4.51 Å². The fraction of sp³-hybridized carbons (Fsp3) is 0.750. The van der Waals surface area contributed by atoms with Gasteiger partial charge in [0.2, 0.25) is 0 Å². The van der Waals surface area contributed by atoms with Crippen LogP contribution in [0.2, 0.25) is 0 Å². The molecule has 0 saturated carbocycles. The van der Waals surface area contributed by atoms with Crippen LogP contribution in [0, 0.1) is 0 Å². The summed E-state index contributed by atoms with van der Waals surface area (Å²) in [6.07, 6.45) is 1.74. The van der Waals surface area contributed by atoms with Crippen molar-refractivity contribution in [3.63, 3.8) is 0 Å². The molecule has 4 heteroatoms. The number of hydrogen-bond donors (Lipinski definition) is 1. The van der Waals surface area contributed by atoms with Gasteiger partial charge in [-0.25, -0.2) is 5.06 Å². The molecule has 0 atom stereocenters. The molecule has 8 heavy (non-hydrogen) atoms. The molecule has 46 valence electrons. The SMILES string of the molecule is ON1CCC/C1=N\Cl. The van der Waals surface area contributed by atoms with E-state index in [-0.39, 0.29) is 0 Å². The van der Waals surface area contributed by atoms with E-state index in [0.29, 0.717) is 12.4 Å². The monoisotopic (exact) mass is 134 g/mol. The highest BCUT2D eigenvalue weighted by molar-refractivity contribution is 6.19. The minimum absolute atomic E-state index is 0.576. The minimum atomic E-state index is 0.576. The summed E-state index contributed by atoms with van der Waals surface area (Å²) in [6.45, 7) is 0.658. The van der Waals surface area contributed by atoms with Gasteiger partial charge in [-0.05, 0) is 6.42 Å². The summed E-state index contributed by atoms with van der Waals surface area (Å²) >= 11 is 5.09. The molecule has 1 aliphatic heterocycles. The second-order valence-electron chi connectivity index (χ2n) is 1.73. The van der Waals surface area contributed by atoms with Crippen LogP contribution in [0.15, 0.2) is 4.51 Å². The van der Waals surface area contributed by atoms with Crippen molar-refractivity contribution in [1.29, 1.82) is 0 Å². The highest BCUT2D eigenvalue weighted by Gasteiger charge is 2.14. The number of hydrogen-bond acceptors (Lipinski definition) is 2. The van der Waals surface area contributed by atoms with Crippen LogP contribution < -0.4 is 0 Å². The van der Waals surface area contributed by atoms with E-state index in [2.05, 4.69) is 4.51 Å². The van der Waals surface area contributed by atoms with Gasteiger partial charge in [0.05, 0.1) is 0 Å². The van der Waals surface area contributed by atoms with Gasteiger partial charge < -0.3 is 0 Å². The lowest BCUT2D eigenvalue weighted by Gasteiger charge is -2.05. The first-order chi connectivity index (χ1) is 3.84. The molecule has 0 aliphatic carbocycles. The van der Waals surface area contributed by atoms with Crippen LogP contribution in [0.5, 0.6) is 0 Å². The Morgan fingerprint density at radius 3 is 2.75 bits per heavy atom. The maximum absolute atomic E-state index is 8.81. The molecule has 1 aliphatic rings. The first-order valence-corrected chi connectivity index (χ1v) is 2.82. The first kappa shape index (κ1) is 5.85. The minimum Gasteiger partial charge on any atom is -0.287 e. The second kappa shape index (κ2) is 2.33. The van der Waals surface area contributed by atoms with Gasteiger partial charge in [-0.15, -0.1) is 0 Å². The predicted octanol–water partition coefficient (Wildman–Crippen LogP) is 1.02. The molecule has 0 spiro atoms. The van der Waals surface area contributed by atoms with E-state index in [1.165, 1.54) is 0 Å². The summed E-state index contributed by atoms with van der Waals surface area (Å²) in [5.74, 6) is 0.576. The van der Waals surface area contributed by atoms with Crippen molar-refractivity contribution in [1.82, 2.24) is 5.06 Å². The van der Waals surface area contributed by atoms with Crippen LogP contribution in [0.1, 0.15) is 12.8 Å². The summed E-state index contributed by atoms with van der Waals surface area (Å²) in [6, 6.07) is 0. The third-order valence-corrected chi connectivity index (χ3v) is 1.36. The maximum Gasteiger partial charge on any atom is 0.143 e. The Kier molecular flexibility index (Phi) is 1.70. The van der Waals surface area contributed by atoms with Crippen LogP contribution >= 0.6 is 11.8 Å². The quantitative estimate of drug-likeness (QED) is 0.537. The molecule has 0 amide bonds. The van der Waals surface area contributed by atoms with Crippen molar-refractivity contribution >= 4 is 17.6 Å². The lowest BCUT2D eigenvalue weighted by molar-refractivity contribution is -0.00297. The summed E-state index contributed by atoms with van der Waals surface area (Å²) in [4.78, 5) is 0. The van der Waals surface area contributed by atoms with Crippen molar-refractivity contribution in [2.75, 3.05) is 6.54 Å². The van der Waals surface area contributed by atoms with Gasteiger partial charge in [0.15, 0.2) is 0 Å². The van der Waals surface area contributed by atoms with Gasteiger partial charge in [0.1, 0.15) is 5.84 Å². The van der Waals surface area contributed by atoms with Crippen molar-refractivity contribution in [2.24, 2.45) is 4.51 Å². The molecule has 1 N–H and O–H groups in total. The van der Waals surface area contributed by atoms with Gasteiger partial charge in [-0.1, -0.05) is 0 Å². The molecule has 1 saturated heterocycles. The fourth-order valence-corrected chi connectivity index (χ4v) is 0.903. The molecule has 1 heterocycles. The summed E-state index contributed by atoms with van der Waals surface area (Å²) in [7, 11) is 0. The number of rotatable bonds is 0. The number of nitrogens with zero attached hydrogens (tertiary/aromatic N) is 2. The Hall–Kier alpha value is -0.280. The first-order valence-electron chi connectivity index (χ1n) is 2.49. The third-order valence-electron chi connectivity index (χ3n) is 1.17. The molecular formula is C4H7ClN2O. The summed E-state index contributed by atoms with van der Waals surface area (Å²) in [5.41, 5.74) is 0. The Morgan fingerprint density at radius 1 is 1.75 bits per heavy atom. The molecule has 0 aromatic carbocycles. The molecule has 1 fully saturated rings. The Labute approximate surface area is 52.6 Å². The smallest absolute Gasteiger partial charge is 0.143 e. The van der Waals surface area contributed by atoms with Gasteiger partial charge in [-0.3, -0.25) is 5.21 Å². The highest BCUT2D eigenvalue weighted by Crippen LogP contribution is 2.08. The van der Waals surface area contributed by atoms with Crippen molar-refractivity contribution in [3.8, 4) is 0 Å². The van der Waals surface area contributed by atoms with Crippen LogP contribution in [0.3, 0.4) is 0 Å². The predicted molar refractivity (Wildman–Crippen MR) is 31.0 cm³/mol. The number of amidine groups is 1. The van der Waals surface area contributed by atoms with Crippen LogP contribution in [0.4, 0.5) is 0 Å². The Morgan fingerprint density at radius 2 is 2.50 bits per heavy atom. The fourth-order valence-electron chi connectivity index (χ4n) is 0.731. The Balaban J connectivity index is 2.55.